The SMILES string of the molecule is CCOC(=O)[C@@H](CSCCCN1C(=O)c2ccccc2C1=O)NS(=O)(=O)c1ccc(Cl)cc1Cl. The van der Waals surface area contributed by atoms with Crippen molar-refractivity contribution in [1.29, 1.82) is 0 Å². The Kier molecular flexibility index (Phi) is 9.00. The predicted molar refractivity (Wildman–Crippen MR) is 131 cm³/mol. The highest BCUT2D eigenvalue weighted by Crippen LogP contribution is 2.26. The first-order valence-electron chi connectivity index (χ1n) is 10.3. The molecule has 182 valence electrons. The highest BCUT2D eigenvalue weighted by atomic mass is 35.5. The summed E-state index contributed by atoms with van der Waals surface area (Å²) in [5.41, 5.74) is 0.774. The molecule has 0 saturated carbocycles. The van der Waals surface area contributed by atoms with E-state index >= 15 is 0 Å². The van der Waals surface area contributed by atoms with Gasteiger partial charge in [0.25, 0.3) is 11.8 Å². The molecule has 1 N–H and O–H groups in total. The van der Waals surface area contributed by atoms with Gasteiger partial charge in [0.05, 0.1) is 22.8 Å². The second-order valence-corrected chi connectivity index (χ2v) is 10.9. The lowest BCUT2D eigenvalue weighted by Gasteiger charge is -2.18. The Hall–Kier alpha value is -2.11. The number of nitrogens with one attached hydrogen (secondary N) is 1. The highest BCUT2D eigenvalue weighted by molar-refractivity contribution is 7.99. The van der Waals surface area contributed by atoms with Crippen LogP contribution < -0.4 is 4.72 Å². The van der Waals surface area contributed by atoms with Gasteiger partial charge in [-0.05, 0) is 49.4 Å². The summed E-state index contributed by atoms with van der Waals surface area (Å²) in [4.78, 5) is 38.2. The van der Waals surface area contributed by atoms with Gasteiger partial charge in [-0.1, -0.05) is 35.3 Å². The van der Waals surface area contributed by atoms with E-state index in [4.69, 9.17) is 27.9 Å². The molecular weight excluding hydrogens is 523 g/mol. The van der Waals surface area contributed by atoms with E-state index in [2.05, 4.69) is 4.72 Å². The molecule has 3 rings (SSSR count). The van der Waals surface area contributed by atoms with Crippen molar-refractivity contribution in [2.24, 2.45) is 0 Å². The number of hydrogen-bond donors (Lipinski definition) is 1. The van der Waals surface area contributed by atoms with Crippen LogP contribution in [0.5, 0.6) is 0 Å². The zero-order chi connectivity index (χ0) is 24.9. The van der Waals surface area contributed by atoms with Crippen LogP contribution in [0, 0.1) is 0 Å². The fraction of sp³-hybridized carbons (Fsp3) is 0.318. The van der Waals surface area contributed by atoms with Gasteiger partial charge >= 0.3 is 5.97 Å². The number of carbonyl (C=O) groups is 3. The van der Waals surface area contributed by atoms with Gasteiger partial charge in [-0.25, -0.2) is 8.42 Å². The molecule has 1 aliphatic heterocycles. The lowest BCUT2D eigenvalue weighted by molar-refractivity contribution is -0.144. The summed E-state index contributed by atoms with van der Waals surface area (Å²) in [5.74, 6) is -0.813. The number of hydrogen-bond acceptors (Lipinski definition) is 7. The van der Waals surface area contributed by atoms with Crippen molar-refractivity contribution in [3.05, 3.63) is 63.6 Å². The summed E-state index contributed by atoms with van der Waals surface area (Å²) in [6.07, 6.45) is 0.474. The number of ether oxygens (including phenoxy) is 1. The van der Waals surface area contributed by atoms with Crippen LogP contribution in [0.4, 0.5) is 0 Å². The first kappa shape index (κ1) is 26.5. The number of benzene rings is 2. The molecule has 0 aliphatic carbocycles. The normalized spacial score (nSPS) is 14.3. The number of nitrogens with zero attached hydrogens (tertiary/aromatic N) is 1. The minimum absolute atomic E-state index is 0.0730. The number of rotatable bonds is 11. The van der Waals surface area contributed by atoms with E-state index in [-0.39, 0.29) is 45.7 Å². The Bertz CT molecular complexity index is 1170. The number of thioether (sulfide) groups is 1. The monoisotopic (exact) mass is 544 g/mol. The third-order valence-corrected chi connectivity index (χ3v) is 8.22. The van der Waals surface area contributed by atoms with Gasteiger partial charge in [-0.3, -0.25) is 19.3 Å². The summed E-state index contributed by atoms with van der Waals surface area (Å²) in [6.45, 7) is 1.92. The molecule has 0 spiro atoms. The zero-order valence-electron chi connectivity index (χ0n) is 18.1. The van der Waals surface area contributed by atoms with Crippen molar-refractivity contribution in [2.45, 2.75) is 24.3 Å². The molecule has 2 amide bonds. The number of sulfonamides is 1. The highest BCUT2D eigenvalue weighted by Gasteiger charge is 2.34. The molecule has 0 fully saturated rings. The van der Waals surface area contributed by atoms with E-state index in [0.29, 0.717) is 23.3 Å². The number of carbonyl (C=O) groups excluding carboxylic acids is 3. The van der Waals surface area contributed by atoms with Crippen LogP contribution in [-0.4, -0.2) is 61.8 Å². The number of halogens is 2. The van der Waals surface area contributed by atoms with Gasteiger partial charge in [0, 0.05) is 17.3 Å². The maximum Gasteiger partial charge on any atom is 0.325 e. The zero-order valence-corrected chi connectivity index (χ0v) is 21.3. The summed E-state index contributed by atoms with van der Waals surface area (Å²) in [6, 6.07) is 9.43. The fourth-order valence-electron chi connectivity index (χ4n) is 3.31. The first-order chi connectivity index (χ1) is 16.2. The van der Waals surface area contributed by atoms with Crippen LogP contribution in [0.3, 0.4) is 0 Å². The number of fused-ring (bicyclic) bond motifs is 1. The minimum atomic E-state index is -4.12. The van der Waals surface area contributed by atoms with E-state index < -0.39 is 22.0 Å². The Balaban J connectivity index is 1.57. The van der Waals surface area contributed by atoms with Crippen molar-refractivity contribution in [2.75, 3.05) is 24.7 Å². The van der Waals surface area contributed by atoms with Gasteiger partial charge in [0.2, 0.25) is 10.0 Å². The maximum atomic E-state index is 12.8. The molecule has 0 aromatic heterocycles. The van der Waals surface area contributed by atoms with E-state index in [1.54, 1.807) is 31.2 Å². The molecule has 1 heterocycles. The third-order valence-electron chi connectivity index (χ3n) is 4.89. The van der Waals surface area contributed by atoms with Crippen LogP contribution in [0.2, 0.25) is 10.0 Å². The van der Waals surface area contributed by atoms with Crippen molar-refractivity contribution < 1.29 is 27.5 Å². The van der Waals surface area contributed by atoms with Crippen LogP contribution in [0.25, 0.3) is 0 Å². The number of esters is 1. The molecular formula is C22H22Cl2N2O6S2. The maximum absolute atomic E-state index is 12.8. The second kappa shape index (κ2) is 11.5. The van der Waals surface area contributed by atoms with E-state index in [1.165, 1.54) is 34.9 Å². The molecule has 0 bridgehead atoms. The molecule has 2 aromatic carbocycles. The molecule has 2 aromatic rings. The van der Waals surface area contributed by atoms with Crippen molar-refractivity contribution >= 4 is 62.8 Å². The van der Waals surface area contributed by atoms with Gasteiger partial charge in [0.15, 0.2) is 0 Å². The van der Waals surface area contributed by atoms with Crippen LogP contribution >= 0.6 is 35.0 Å². The Morgan fingerprint density at radius 3 is 2.35 bits per heavy atom. The van der Waals surface area contributed by atoms with Gasteiger partial charge < -0.3 is 4.74 Å². The fourth-order valence-corrected chi connectivity index (χ4v) is 6.32. The number of imide groups is 1. The Labute approximate surface area is 212 Å². The average molecular weight is 545 g/mol. The molecule has 0 saturated heterocycles. The summed E-state index contributed by atoms with van der Waals surface area (Å²) >= 11 is 13.1. The molecule has 1 atom stereocenters. The molecule has 1 aliphatic rings. The standard InChI is InChI=1S/C22H22Cl2N2O6S2/c1-2-32-22(29)18(25-34(30,31)19-9-8-14(23)12-17(19)24)13-33-11-5-10-26-20(27)15-6-3-4-7-16(15)21(26)28/h3-4,6-9,12,18,25H,2,5,10-11,13H2,1H3/t18-/m1/s1. The van der Waals surface area contributed by atoms with Crippen LogP contribution in [0.15, 0.2) is 47.4 Å². The van der Waals surface area contributed by atoms with E-state index in [0.717, 1.165) is 0 Å². The lowest BCUT2D eigenvalue weighted by Crippen LogP contribution is -2.43. The molecule has 0 unspecified atom stereocenters. The summed E-state index contributed by atoms with van der Waals surface area (Å²) in [5, 5.41) is 0.204. The largest absolute Gasteiger partial charge is 0.465 e. The Morgan fingerprint density at radius 1 is 1.12 bits per heavy atom. The van der Waals surface area contributed by atoms with Crippen LogP contribution in [-0.2, 0) is 19.6 Å². The van der Waals surface area contributed by atoms with E-state index in [9.17, 15) is 22.8 Å². The quantitative estimate of drug-likeness (QED) is 0.261. The average Bonchev–Trinajstić information content (AvgIpc) is 3.02. The lowest BCUT2D eigenvalue weighted by atomic mass is 10.1. The van der Waals surface area contributed by atoms with Gasteiger partial charge in [-0.2, -0.15) is 16.5 Å². The van der Waals surface area contributed by atoms with Gasteiger partial charge in [0.1, 0.15) is 10.9 Å². The van der Waals surface area contributed by atoms with Gasteiger partial charge in [-0.15, -0.1) is 0 Å². The molecule has 34 heavy (non-hydrogen) atoms. The first-order valence-corrected chi connectivity index (χ1v) is 13.7. The summed E-state index contributed by atoms with van der Waals surface area (Å²) in [7, 11) is -4.12. The topological polar surface area (TPSA) is 110 Å². The molecule has 0 radical (unpaired) electrons. The minimum Gasteiger partial charge on any atom is -0.465 e. The molecule has 12 heteroatoms. The number of amides is 2. The smallest absolute Gasteiger partial charge is 0.325 e. The van der Waals surface area contributed by atoms with E-state index in [1.807, 2.05) is 0 Å². The van der Waals surface area contributed by atoms with Crippen molar-refractivity contribution in [3.8, 4) is 0 Å². The summed E-state index contributed by atoms with van der Waals surface area (Å²) < 4.78 is 32.9. The third kappa shape index (κ3) is 6.11. The Morgan fingerprint density at radius 2 is 1.76 bits per heavy atom. The van der Waals surface area contributed by atoms with Crippen LogP contribution in [0.1, 0.15) is 34.1 Å². The predicted octanol–water partition coefficient (Wildman–Crippen LogP) is 3.62. The van der Waals surface area contributed by atoms with Crippen molar-refractivity contribution in [3.63, 3.8) is 0 Å². The van der Waals surface area contributed by atoms with Crippen molar-refractivity contribution in [1.82, 2.24) is 9.62 Å². The second-order valence-electron chi connectivity index (χ2n) is 7.24. The molecule has 8 nitrogen and oxygen atoms in total.